The molecule has 462 valence electrons. The predicted molar refractivity (Wildman–Crippen MR) is 318 cm³/mol. The summed E-state index contributed by atoms with van der Waals surface area (Å²) in [5.74, 6) is -1.44. The third-order valence-corrected chi connectivity index (χ3v) is 13.0. The van der Waals surface area contributed by atoms with Crippen molar-refractivity contribution in [2.45, 2.75) is 185 Å². The van der Waals surface area contributed by atoms with Crippen molar-refractivity contribution in [1.29, 1.82) is 0 Å². The van der Waals surface area contributed by atoms with Gasteiger partial charge in [-0.15, -0.1) is 0 Å². The molecule has 1 heterocycles. The minimum absolute atomic E-state index is 0. The SMILES string of the molecule is CC(C)(C)OC(N)=O.CC(C)(C)OC(N)=O.CCOC(=O)CCc1cc(-c2c(C)cc(C(F)(F)F)cc2C)cc(C)c1F.CCOC(=O)CCc1cc(B2OC(C)(C)C(C)(C)O2)cc(C)c1F.Cc1cc(C(F)(F)F)cc(C)c1Br.S.S. The molecule has 12 nitrogen and oxygen atoms in total. The molecule has 1 aliphatic heterocycles. The third kappa shape index (κ3) is 26.7. The Kier molecular flexibility index (Phi) is 31.7. The van der Waals surface area contributed by atoms with Crippen LogP contribution in [0.3, 0.4) is 0 Å². The van der Waals surface area contributed by atoms with Gasteiger partial charge in [-0.05, 0) is 235 Å². The molecule has 0 atom stereocenters. The topological polar surface area (TPSA) is 176 Å². The number of amides is 2. The highest BCUT2D eigenvalue weighted by molar-refractivity contribution is 9.10. The molecule has 0 bridgehead atoms. The average molecular weight is 1270 g/mol. The Morgan fingerprint density at radius 1 is 0.549 bits per heavy atom. The summed E-state index contributed by atoms with van der Waals surface area (Å²) in [6, 6.07) is 11.2. The summed E-state index contributed by atoms with van der Waals surface area (Å²) in [5, 5.41) is 0. The van der Waals surface area contributed by atoms with Gasteiger partial charge in [0.15, 0.2) is 0 Å². The molecule has 4 N–H and O–H groups in total. The number of rotatable bonds is 10. The molecule has 24 heteroatoms. The average Bonchev–Trinajstić information content (AvgIpc) is 3.50. The van der Waals surface area contributed by atoms with Gasteiger partial charge in [0, 0.05) is 17.3 Å². The van der Waals surface area contributed by atoms with Crippen molar-refractivity contribution >= 4 is 79.6 Å². The van der Waals surface area contributed by atoms with E-state index < -0.39 is 77.0 Å². The van der Waals surface area contributed by atoms with Crippen LogP contribution in [0.2, 0.25) is 0 Å². The lowest BCUT2D eigenvalue weighted by Crippen LogP contribution is -2.41. The van der Waals surface area contributed by atoms with Gasteiger partial charge in [0.05, 0.1) is 35.5 Å². The molecule has 0 spiro atoms. The highest BCUT2D eigenvalue weighted by Gasteiger charge is 2.52. The molecule has 0 radical (unpaired) electrons. The number of carbonyl (C=O) groups is 4. The lowest BCUT2D eigenvalue weighted by Gasteiger charge is -2.32. The predicted octanol–water partition coefficient (Wildman–Crippen LogP) is 14.9. The van der Waals surface area contributed by atoms with E-state index in [1.165, 1.54) is 0 Å². The molecular formula is C58H82BBrF8N2O10S2. The summed E-state index contributed by atoms with van der Waals surface area (Å²) in [6.07, 6.45) is -9.48. The van der Waals surface area contributed by atoms with Crippen LogP contribution in [-0.4, -0.2) is 66.9 Å². The number of carbonyl (C=O) groups excluding carboxylic acids is 4. The van der Waals surface area contributed by atoms with Gasteiger partial charge in [-0.25, -0.2) is 18.4 Å². The first-order valence-electron chi connectivity index (χ1n) is 25.5. The van der Waals surface area contributed by atoms with Gasteiger partial charge in [-0.1, -0.05) is 28.1 Å². The van der Waals surface area contributed by atoms with Gasteiger partial charge in [-0.3, -0.25) is 9.59 Å². The van der Waals surface area contributed by atoms with Crippen LogP contribution in [0.4, 0.5) is 44.7 Å². The van der Waals surface area contributed by atoms with E-state index in [9.17, 15) is 54.3 Å². The molecule has 2 amide bonds. The third-order valence-electron chi connectivity index (χ3n) is 11.7. The van der Waals surface area contributed by atoms with Gasteiger partial charge < -0.3 is 39.7 Å². The zero-order valence-electron chi connectivity index (χ0n) is 50.1. The zero-order chi connectivity index (χ0) is 62.3. The van der Waals surface area contributed by atoms with Gasteiger partial charge in [0.25, 0.3) is 0 Å². The molecule has 0 aliphatic carbocycles. The number of esters is 2. The van der Waals surface area contributed by atoms with Crippen molar-refractivity contribution in [2.75, 3.05) is 13.2 Å². The van der Waals surface area contributed by atoms with Crippen molar-refractivity contribution < 1.29 is 82.6 Å². The minimum Gasteiger partial charge on any atom is -0.466 e. The molecule has 0 aromatic heterocycles. The molecule has 1 aliphatic rings. The monoisotopic (exact) mass is 1270 g/mol. The van der Waals surface area contributed by atoms with Crippen molar-refractivity contribution in [1.82, 2.24) is 0 Å². The molecular weight excluding hydrogens is 1190 g/mol. The Morgan fingerprint density at radius 2 is 0.878 bits per heavy atom. The van der Waals surface area contributed by atoms with Crippen LogP contribution in [0.15, 0.2) is 53.0 Å². The minimum atomic E-state index is -4.42. The molecule has 1 saturated heterocycles. The first-order valence-corrected chi connectivity index (χ1v) is 26.3. The van der Waals surface area contributed by atoms with Gasteiger partial charge >= 0.3 is 43.6 Å². The maximum absolute atomic E-state index is 14.5. The molecule has 82 heavy (non-hydrogen) atoms. The fraction of sp³-hybridized carbons (Fsp3) is 0.517. The first kappa shape index (κ1) is 79.0. The number of halogens is 9. The van der Waals surface area contributed by atoms with Crippen molar-refractivity contribution in [3.63, 3.8) is 0 Å². The summed E-state index contributed by atoms with van der Waals surface area (Å²) in [5.41, 5.74) is 12.2. The second kappa shape index (κ2) is 32.9. The lowest BCUT2D eigenvalue weighted by atomic mass is 9.77. The van der Waals surface area contributed by atoms with Gasteiger partial charge in [0.1, 0.15) is 22.8 Å². The number of alkyl halides is 6. The van der Waals surface area contributed by atoms with Crippen molar-refractivity contribution in [2.24, 2.45) is 11.5 Å². The largest absolute Gasteiger partial charge is 0.494 e. The maximum Gasteiger partial charge on any atom is 0.494 e. The van der Waals surface area contributed by atoms with Crippen LogP contribution in [0.1, 0.15) is 152 Å². The number of hydrogen-bond donors (Lipinski definition) is 2. The van der Waals surface area contributed by atoms with E-state index in [1.807, 2.05) is 27.7 Å². The Bertz CT molecular complexity index is 2700. The number of benzene rings is 4. The van der Waals surface area contributed by atoms with Crippen LogP contribution < -0.4 is 16.9 Å². The molecule has 4 aromatic carbocycles. The summed E-state index contributed by atoms with van der Waals surface area (Å²) in [4.78, 5) is 43.1. The molecule has 0 unspecified atom stereocenters. The Balaban J connectivity index is 0. The second-order valence-electron chi connectivity index (χ2n) is 21.7. The Hall–Kier alpha value is -5.04. The van der Waals surface area contributed by atoms with Crippen LogP contribution >= 0.6 is 42.9 Å². The van der Waals surface area contributed by atoms with Crippen LogP contribution in [0.5, 0.6) is 0 Å². The number of primary amides is 2. The standard InChI is InChI=1S/C21H22F4O2.C18H26BFO4.C9H8BrF3.2C5H11NO2.2H2S/c1-5-27-18(26)7-6-15-11-16(8-14(4)20(15)22)19-12(2)9-17(10-13(19)3)21(23,24)25;1-7-22-15(21)9-8-13-11-14(10-12(2)16(13)20)19-23-17(3,4)18(5,6)24-19;1-5-3-7(9(11,12)13)4-6(2)8(5)10;2*1-5(2,3)8-4(6)7;;/h8-11H,5-7H2,1-4H3;10-11H,7-9H2,1-6H3;3-4H,1-2H3;2*1-3H3,(H2,6,7);2*1H2. The highest BCUT2D eigenvalue weighted by Crippen LogP contribution is 2.39. The second-order valence-corrected chi connectivity index (χ2v) is 22.5. The van der Waals surface area contributed by atoms with Crippen LogP contribution in [0.25, 0.3) is 11.1 Å². The Labute approximate surface area is 501 Å². The van der Waals surface area contributed by atoms with E-state index in [0.29, 0.717) is 68.7 Å². The number of ether oxygens (including phenoxy) is 4. The van der Waals surface area contributed by atoms with E-state index in [1.54, 1.807) is 121 Å². The molecule has 0 saturated carbocycles. The van der Waals surface area contributed by atoms with Gasteiger partial charge in [-0.2, -0.15) is 53.3 Å². The first-order chi connectivity index (χ1) is 36.3. The van der Waals surface area contributed by atoms with Crippen LogP contribution in [0, 0.1) is 53.2 Å². The highest BCUT2D eigenvalue weighted by atomic mass is 79.9. The fourth-order valence-electron chi connectivity index (χ4n) is 7.57. The smallest absolute Gasteiger partial charge is 0.466 e. The fourth-order valence-corrected chi connectivity index (χ4v) is 7.80. The summed E-state index contributed by atoms with van der Waals surface area (Å²) < 4.78 is 136. The zero-order valence-corrected chi connectivity index (χ0v) is 53.7. The normalized spacial score (nSPS) is 13.3. The molecule has 1 fully saturated rings. The number of hydrogen-bond acceptors (Lipinski definition) is 10. The Morgan fingerprint density at radius 3 is 1.18 bits per heavy atom. The molecule has 5 rings (SSSR count). The number of aryl methyl sites for hydroxylation is 8. The van der Waals surface area contributed by atoms with E-state index >= 15 is 0 Å². The summed E-state index contributed by atoms with van der Waals surface area (Å²) in [6.45, 7) is 32.3. The van der Waals surface area contributed by atoms with Crippen LogP contribution in [-0.2, 0) is 63.0 Å². The summed E-state index contributed by atoms with van der Waals surface area (Å²) in [7, 11) is -0.546. The van der Waals surface area contributed by atoms with E-state index in [0.717, 1.165) is 34.2 Å². The number of nitrogens with two attached hydrogens (primary N) is 2. The summed E-state index contributed by atoms with van der Waals surface area (Å²) >= 11 is 3.21. The van der Waals surface area contributed by atoms with Crippen molar-refractivity contribution in [3.05, 3.63) is 120 Å². The van der Waals surface area contributed by atoms with E-state index in [-0.39, 0.29) is 64.6 Å². The van der Waals surface area contributed by atoms with E-state index in [2.05, 4.69) is 25.4 Å². The quantitative estimate of drug-likeness (QED) is 0.0673. The molecule has 4 aromatic rings. The van der Waals surface area contributed by atoms with Crippen molar-refractivity contribution in [3.8, 4) is 11.1 Å². The maximum atomic E-state index is 14.5. The van der Waals surface area contributed by atoms with E-state index in [4.69, 9.17) is 30.2 Å². The van der Waals surface area contributed by atoms with Gasteiger partial charge in [0.2, 0.25) is 0 Å². The lowest BCUT2D eigenvalue weighted by molar-refractivity contribution is -0.144.